The molecule has 0 radical (unpaired) electrons. The molecule has 0 atom stereocenters. The lowest BCUT2D eigenvalue weighted by Gasteiger charge is -2.15. The third kappa shape index (κ3) is 2.84. The van der Waals surface area contributed by atoms with Gasteiger partial charge in [0.1, 0.15) is 5.51 Å². The van der Waals surface area contributed by atoms with Crippen molar-refractivity contribution in [1.29, 1.82) is 0 Å². The van der Waals surface area contributed by atoms with E-state index in [9.17, 15) is 4.79 Å². The number of aromatic carboxylic acids is 1. The Balaban J connectivity index is 2.04. The summed E-state index contributed by atoms with van der Waals surface area (Å²) in [5, 5.41) is 17.7. The maximum absolute atomic E-state index is 11.1. The van der Waals surface area contributed by atoms with E-state index in [2.05, 4.69) is 10.2 Å². The highest BCUT2D eigenvalue weighted by Crippen LogP contribution is 2.15. The largest absolute Gasteiger partial charge is 0.478 e. The van der Waals surface area contributed by atoms with Gasteiger partial charge in [0.05, 0.1) is 5.56 Å². The number of anilines is 1. The maximum Gasteiger partial charge on any atom is 0.335 e. The summed E-state index contributed by atoms with van der Waals surface area (Å²) >= 11 is 1.46. The second kappa shape index (κ2) is 5.59. The molecule has 0 aliphatic heterocycles. The molecule has 1 heterocycles. The first-order valence-electron chi connectivity index (χ1n) is 5.47. The quantitative estimate of drug-likeness (QED) is 0.892. The van der Waals surface area contributed by atoms with Crippen LogP contribution in [0.5, 0.6) is 0 Å². The zero-order valence-electron chi connectivity index (χ0n) is 9.91. The molecule has 0 saturated heterocycles. The normalized spacial score (nSPS) is 10.3. The second-order valence-electron chi connectivity index (χ2n) is 3.86. The van der Waals surface area contributed by atoms with Crippen LogP contribution in [0.1, 0.15) is 15.9 Å². The maximum atomic E-state index is 11.1. The van der Waals surface area contributed by atoms with E-state index in [0.29, 0.717) is 18.5 Å². The lowest BCUT2D eigenvalue weighted by Crippen LogP contribution is -2.21. The molecule has 1 N–H and O–H groups in total. The minimum absolute atomic E-state index is 0.364. The van der Waals surface area contributed by atoms with Crippen molar-refractivity contribution in [1.82, 2.24) is 10.2 Å². The van der Waals surface area contributed by atoms with Crippen LogP contribution in [0.3, 0.4) is 0 Å². The van der Waals surface area contributed by atoms with E-state index in [1.807, 2.05) is 24.1 Å². The fourth-order valence-corrected chi connectivity index (χ4v) is 2.22. The Kier molecular flexibility index (Phi) is 3.88. The van der Waals surface area contributed by atoms with Crippen LogP contribution in [0.15, 0.2) is 29.8 Å². The van der Waals surface area contributed by atoms with Crippen LogP contribution in [0, 0.1) is 0 Å². The van der Waals surface area contributed by atoms with E-state index in [1.165, 1.54) is 11.3 Å². The molecule has 0 aliphatic rings. The van der Waals surface area contributed by atoms with Crippen molar-refractivity contribution in [2.75, 3.05) is 18.5 Å². The molecule has 0 saturated carbocycles. The van der Waals surface area contributed by atoms with Crippen molar-refractivity contribution in [3.8, 4) is 0 Å². The number of aromatic nitrogens is 2. The Labute approximate surface area is 109 Å². The number of carboxylic acid groups (broad SMARTS) is 1. The molecule has 1 aromatic heterocycles. The zero-order valence-corrected chi connectivity index (χ0v) is 10.7. The van der Waals surface area contributed by atoms with Gasteiger partial charge in [0.25, 0.3) is 0 Å². The van der Waals surface area contributed by atoms with Crippen molar-refractivity contribution in [3.05, 3.63) is 40.9 Å². The second-order valence-corrected chi connectivity index (χ2v) is 4.67. The third-order valence-electron chi connectivity index (χ3n) is 2.64. The molecule has 18 heavy (non-hydrogen) atoms. The zero-order chi connectivity index (χ0) is 13.0. The van der Waals surface area contributed by atoms with E-state index >= 15 is 0 Å². The van der Waals surface area contributed by atoms with Crippen LogP contribution in [0.4, 0.5) is 5.13 Å². The Morgan fingerprint density at radius 2 is 2.22 bits per heavy atom. The minimum Gasteiger partial charge on any atom is -0.478 e. The molecule has 0 fully saturated rings. The lowest BCUT2D eigenvalue weighted by atomic mass is 10.0. The van der Waals surface area contributed by atoms with Gasteiger partial charge in [-0.25, -0.2) is 4.79 Å². The standard InChI is InChI=1S/C12H13N3O2S/c1-15(12-14-13-8-18-12)7-6-9-4-2-3-5-10(9)11(16)17/h2-5,8H,6-7H2,1H3,(H,16,17). The average molecular weight is 263 g/mol. The molecule has 1 aromatic carbocycles. The van der Waals surface area contributed by atoms with Gasteiger partial charge in [0.15, 0.2) is 0 Å². The average Bonchev–Trinajstić information content (AvgIpc) is 2.90. The summed E-state index contributed by atoms with van der Waals surface area (Å²) in [6.45, 7) is 0.708. The van der Waals surface area contributed by atoms with Gasteiger partial charge in [0.2, 0.25) is 5.13 Å². The molecule has 5 nitrogen and oxygen atoms in total. The molecular formula is C12H13N3O2S. The molecule has 94 valence electrons. The summed E-state index contributed by atoms with van der Waals surface area (Å²) in [5.41, 5.74) is 2.88. The first-order chi connectivity index (χ1) is 8.68. The summed E-state index contributed by atoms with van der Waals surface area (Å²) in [4.78, 5) is 13.0. The number of hydrogen-bond donors (Lipinski definition) is 1. The Bertz CT molecular complexity index is 528. The van der Waals surface area contributed by atoms with Gasteiger partial charge in [-0.05, 0) is 18.1 Å². The van der Waals surface area contributed by atoms with E-state index in [4.69, 9.17) is 5.11 Å². The minimum atomic E-state index is -0.885. The summed E-state index contributed by atoms with van der Waals surface area (Å²) in [7, 11) is 1.92. The van der Waals surface area contributed by atoms with Crippen LogP contribution < -0.4 is 4.90 Å². The summed E-state index contributed by atoms with van der Waals surface area (Å²) in [6.07, 6.45) is 0.665. The van der Waals surface area contributed by atoms with Gasteiger partial charge >= 0.3 is 5.97 Å². The molecule has 6 heteroatoms. The smallest absolute Gasteiger partial charge is 0.335 e. The van der Waals surface area contributed by atoms with Crippen LogP contribution in [0.25, 0.3) is 0 Å². The highest BCUT2D eigenvalue weighted by atomic mass is 32.1. The van der Waals surface area contributed by atoms with Gasteiger partial charge in [-0.1, -0.05) is 29.5 Å². The first-order valence-corrected chi connectivity index (χ1v) is 6.35. The van der Waals surface area contributed by atoms with Crippen molar-refractivity contribution < 1.29 is 9.90 Å². The van der Waals surface area contributed by atoms with Gasteiger partial charge in [-0.3, -0.25) is 0 Å². The predicted octanol–water partition coefficient (Wildman–Crippen LogP) is 1.92. The monoisotopic (exact) mass is 263 g/mol. The molecular weight excluding hydrogens is 250 g/mol. The van der Waals surface area contributed by atoms with Crippen LogP contribution in [-0.2, 0) is 6.42 Å². The molecule has 0 unspecified atom stereocenters. The van der Waals surface area contributed by atoms with Crippen molar-refractivity contribution in [2.24, 2.45) is 0 Å². The fourth-order valence-electron chi connectivity index (χ4n) is 1.66. The van der Waals surface area contributed by atoms with Crippen molar-refractivity contribution >= 4 is 22.4 Å². The van der Waals surface area contributed by atoms with Crippen LogP contribution >= 0.6 is 11.3 Å². The first kappa shape index (κ1) is 12.5. The van der Waals surface area contributed by atoms with E-state index in [1.54, 1.807) is 17.6 Å². The van der Waals surface area contributed by atoms with E-state index in [-0.39, 0.29) is 0 Å². The molecule has 0 bridgehead atoms. The Hall–Kier alpha value is -1.95. The highest BCUT2D eigenvalue weighted by molar-refractivity contribution is 7.13. The Morgan fingerprint density at radius 3 is 2.89 bits per heavy atom. The summed E-state index contributed by atoms with van der Waals surface area (Å²) in [5.74, 6) is -0.885. The Morgan fingerprint density at radius 1 is 1.44 bits per heavy atom. The van der Waals surface area contributed by atoms with Crippen LogP contribution in [-0.4, -0.2) is 34.9 Å². The highest BCUT2D eigenvalue weighted by Gasteiger charge is 2.10. The number of nitrogens with zero attached hydrogens (tertiary/aromatic N) is 3. The molecule has 0 amide bonds. The summed E-state index contributed by atoms with van der Waals surface area (Å²) < 4.78 is 0. The topological polar surface area (TPSA) is 66.3 Å². The molecule has 2 aromatic rings. The molecule has 0 aliphatic carbocycles. The van der Waals surface area contributed by atoms with Crippen molar-refractivity contribution in [2.45, 2.75) is 6.42 Å². The number of likely N-dealkylation sites (N-methyl/N-ethyl adjacent to an activating group) is 1. The van der Waals surface area contributed by atoms with Gasteiger partial charge in [0, 0.05) is 13.6 Å². The van der Waals surface area contributed by atoms with E-state index in [0.717, 1.165) is 10.7 Å². The van der Waals surface area contributed by atoms with Crippen LogP contribution in [0.2, 0.25) is 0 Å². The number of rotatable bonds is 5. The summed E-state index contributed by atoms with van der Waals surface area (Å²) in [6, 6.07) is 7.06. The molecule has 2 rings (SSSR count). The number of carbonyl (C=O) groups is 1. The third-order valence-corrected chi connectivity index (χ3v) is 3.44. The number of hydrogen-bond acceptors (Lipinski definition) is 5. The van der Waals surface area contributed by atoms with E-state index < -0.39 is 5.97 Å². The SMILES string of the molecule is CN(CCc1ccccc1C(=O)O)c1nncs1. The van der Waals surface area contributed by atoms with Crippen molar-refractivity contribution in [3.63, 3.8) is 0 Å². The molecule has 0 spiro atoms. The number of benzene rings is 1. The fraction of sp³-hybridized carbons (Fsp3) is 0.250. The predicted molar refractivity (Wildman–Crippen MR) is 70.3 cm³/mol. The number of carboxylic acids is 1. The van der Waals surface area contributed by atoms with Gasteiger partial charge < -0.3 is 10.0 Å². The van der Waals surface area contributed by atoms with Gasteiger partial charge in [-0.2, -0.15) is 0 Å². The lowest BCUT2D eigenvalue weighted by molar-refractivity contribution is 0.0695. The van der Waals surface area contributed by atoms with Gasteiger partial charge in [-0.15, -0.1) is 10.2 Å².